The molecular formula is C25H19N7O3S2. The minimum atomic E-state index is -4.15. The van der Waals surface area contributed by atoms with E-state index in [-0.39, 0.29) is 10.8 Å². The molecule has 5 aromatic rings. The highest BCUT2D eigenvalue weighted by atomic mass is 32.2. The van der Waals surface area contributed by atoms with Gasteiger partial charge < -0.3 is 5.32 Å². The number of nitrogens with one attached hydrogen (secondary N) is 1. The molecule has 0 bridgehead atoms. The van der Waals surface area contributed by atoms with Gasteiger partial charge in [-0.1, -0.05) is 34.8 Å². The van der Waals surface area contributed by atoms with Gasteiger partial charge in [0, 0.05) is 11.3 Å². The van der Waals surface area contributed by atoms with Gasteiger partial charge in [-0.2, -0.15) is 12.8 Å². The van der Waals surface area contributed by atoms with Gasteiger partial charge in [-0.3, -0.25) is 4.79 Å². The predicted molar refractivity (Wildman–Crippen MR) is 141 cm³/mol. The molecule has 2 heterocycles. The minimum absolute atomic E-state index is 0.0103. The van der Waals surface area contributed by atoms with Crippen LogP contribution >= 0.6 is 11.5 Å². The Morgan fingerprint density at radius 3 is 2.73 bits per heavy atom. The van der Waals surface area contributed by atoms with Gasteiger partial charge in [0.15, 0.2) is 0 Å². The molecular weight excluding hydrogens is 510 g/mol. The average molecular weight is 530 g/mol. The number of fused-ring (bicyclic) bond motifs is 2. The average Bonchev–Trinajstić information content (AvgIpc) is 3.56. The number of benzene rings is 3. The third-order valence-electron chi connectivity index (χ3n) is 5.83. The van der Waals surface area contributed by atoms with Crippen molar-refractivity contribution in [2.75, 3.05) is 9.73 Å². The molecule has 12 heteroatoms. The first-order valence-corrected chi connectivity index (χ1v) is 13.6. The smallest absolute Gasteiger partial charge is 0.283 e. The number of rotatable bonds is 6. The second-order valence-corrected chi connectivity index (χ2v) is 10.8. The molecule has 0 saturated heterocycles. The SMILES string of the molecule is O=C(Nc1cccc(S(=O)(=O)N(C2=CCCC=C2)n2nnc3ccccc32)c1)c1ccc2snnc2c1. The van der Waals surface area contributed by atoms with Crippen molar-refractivity contribution in [2.45, 2.75) is 17.7 Å². The van der Waals surface area contributed by atoms with Gasteiger partial charge in [0.05, 0.1) is 15.3 Å². The van der Waals surface area contributed by atoms with Crippen molar-refractivity contribution in [3.05, 3.63) is 96.2 Å². The molecule has 1 amide bonds. The summed E-state index contributed by atoms with van der Waals surface area (Å²) in [7, 11) is -4.15. The third-order valence-corrected chi connectivity index (χ3v) is 8.20. The second-order valence-electron chi connectivity index (χ2n) is 8.26. The summed E-state index contributed by atoms with van der Waals surface area (Å²) in [5.41, 5.74) is 2.92. The van der Waals surface area contributed by atoms with E-state index in [1.807, 2.05) is 18.2 Å². The molecule has 0 aliphatic heterocycles. The Morgan fingerprint density at radius 1 is 0.973 bits per heavy atom. The molecule has 1 aliphatic rings. The molecule has 0 atom stereocenters. The van der Waals surface area contributed by atoms with Gasteiger partial charge in [0.1, 0.15) is 16.6 Å². The Morgan fingerprint density at radius 2 is 1.86 bits per heavy atom. The van der Waals surface area contributed by atoms with E-state index in [9.17, 15) is 13.2 Å². The van der Waals surface area contributed by atoms with E-state index in [2.05, 4.69) is 25.2 Å². The van der Waals surface area contributed by atoms with Gasteiger partial charge in [0.25, 0.3) is 15.9 Å². The Hall–Kier alpha value is -4.42. The normalized spacial score (nSPS) is 13.6. The standard InChI is InChI=1S/C25H19N7O3S2/c33-25(17-13-14-24-22(15-17)28-30-36-24)26-18-7-6-10-20(16-18)37(34,35)32(19-8-2-1-3-9-19)31-23-12-5-4-11-21(23)27-29-31/h2,4-16H,1,3H2,(H,26,33). The van der Waals surface area contributed by atoms with Crippen LogP contribution in [0.15, 0.2) is 95.6 Å². The lowest BCUT2D eigenvalue weighted by Gasteiger charge is -2.26. The van der Waals surface area contributed by atoms with Crippen molar-refractivity contribution in [3.8, 4) is 0 Å². The fourth-order valence-corrected chi connectivity index (χ4v) is 6.04. The first-order chi connectivity index (χ1) is 18.0. The van der Waals surface area contributed by atoms with E-state index in [1.165, 1.54) is 28.5 Å². The first-order valence-electron chi connectivity index (χ1n) is 11.4. The molecule has 1 aliphatic carbocycles. The number of sulfonamides is 1. The van der Waals surface area contributed by atoms with Crippen molar-refractivity contribution in [1.29, 1.82) is 0 Å². The number of allylic oxidation sites excluding steroid dienone is 3. The highest BCUT2D eigenvalue weighted by Gasteiger charge is 2.30. The number of hydrogen-bond donors (Lipinski definition) is 1. The Kier molecular flexibility index (Phi) is 5.74. The van der Waals surface area contributed by atoms with Crippen LogP contribution in [0.1, 0.15) is 23.2 Å². The number of aromatic nitrogens is 5. The van der Waals surface area contributed by atoms with E-state index in [0.29, 0.717) is 39.9 Å². The highest BCUT2D eigenvalue weighted by molar-refractivity contribution is 7.92. The molecule has 37 heavy (non-hydrogen) atoms. The second kappa shape index (κ2) is 9.22. The summed E-state index contributed by atoms with van der Waals surface area (Å²) in [4.78, 5) is 14.2. The van der Waals surface area contributed by atoms with E-state index >= 15 is 0 Å². The predicted octanol–water partition coefficient (Wildman–Crippen LogP) is 4.25. The Balaban J connectivity index is 1.37. The van der Waals surface area contributed by atoms with Crippen LogP contribution in [0.3, 0.4) is 0 Å². The van der Waals surface area contributed by atoms with Crippen molar-refractivity contribution >= 4 is 54.4 Å². The van der Waals surface area contributed by atoms with Gasteiger partial charge in [0.2, 0.25) is 0 Å². The van der Waals surface area contributed by atoms with Crippen LogP contribution in [0.4, 0.5) is 5.69 Å². The van der Waals surface area contributed by atoms with Gasteiger partial charge in [-0.25, -0.2) is 0 Å². The molecule has 0 spiro atoms. The lowest BCUT2D eigenvalue weighted by molar-refractivity contribution is 0.102. The van der Waals surface area contributed by atoms with Gasteiger partial charge >= 0.3 is 0 Å². The maximum absolute atomic E-state index is 14.0. The Labute approximate surface area is 215 Å². The molecule has 0 unspecified atom stereocenters. The van der Waals surface area contributed by atoms with Crippen LogP contribution in [0.5, 0.6) is 0 Å². The number of carbonyl (C=O) groups excluding carboxylic acids is 1. The summed E-state index contributed by atoms with van der Waals surface area (Å²) in [6.45, 7) is 0. The fraction of sp³-hybridized carbons (Fsp3) is 0.0800. The maximum atomic E-state index is 14.0. The molecule has 0 saturated carbocycles. The molecule has 0 fully saturated rings. The maximum Gasteiger partial charge on any atom is 0.283 e. The zero-order valence-electron chi connectivity index (χ0n) is 19.2. The van der Waals surface area contributed by atoms with Crippen molar-refractivity contribution < 1.29 is 13.2 Å². The molecule has 2 aromatic heterocycles. The zero-order valence-corrected chi connectivity index (χ0v) is 20.9. The Bertz CT molecular complexity index is 1820. The third kappa shape index (κ3) is 4.26. The molecule has 10 nitrogen and oxygen atoms in total. The van der Waals surface area contributed by atoms with Crippen LogP contribution in [-0.4, -0.2) is 39.0 Å². The number of carbonyl (C=O) groups is 1. The van der Waals surface area contributed by atoms with E-state index in [0.717, 1.165) is 15.5 Å². The molecule has 1 N–H and O–H groups in total. The van der Waals surface area contributed by atoms with Gasteiger partial charge in [-0.05, 0) is 84.2 Å². The van der Waals surface area contributed by atoms with Crippen LogP contribution in [-0.2, 0) is 10.0 Å². The van der Waals surface area contributed by atoms with Crippen LogP contribution in [0.25, 0.3) is 21.3 Å². The van der Waals surface area contributed by atoms with Crippen molar-refractivity contribution in [1.82, 2.24) is 24.7 Å². The van der Waals surface area contributed by atoms with E-state index in [4.69, 9.17) is 0 Å². The van der Waals surface area contributed by atoms with Crippen LogP contribution in [0.2, 0.25) is 0 Å². The molecule has 3 aromatic carbocycles. The summed E-state index contributed by atoms with van der Waals surface area (Å²) < 4.78 is 34.0. The summed E-state index contributed by atoms with van der Waals surface area (Å²) in [6, 6.07) is 18.4. The number of amides is 1. The largest absolute Gasteiger partial charge is 0.322 e. The summed E-state index contributed by atoms with van der Waals surface area (Å²) in [5.74, 6) is -0.388. The van der Waals surface area contributed by atoms with Crippen LogP contribution in [0, 0.1) is 0 Å². The summed E-state index contributed by atoms with van der Waals surface area (Å²) in [6.07, 6.45) is 7.04. The van der Waals surface area contributed by atoms with Crippen LogP contribution < -0.4 is 9.73 Å². The fourth-order valence-electron chi connectivity index (χ4n) is 4.04. The highest BCUT2D eigenvalue weighted by Crippen LogP contribution is 2.27. The number of para-hydroxylation sites is 1. The monoisotopic (exact) mass is 529 g/mol. The molecule has 6 rings (SSSR count). The number of nitrogens with zero attached hydrogens (tertiary/aromatic N) is 6. The zero-order chi connectivity index (χ0) is 25.4. The van der Waals surface area contributed by atoms with E-state index in [1.54, 1.807) is 54.6 Å². The topological polar surface area (TPSA) is 123 Å². The molecule has 184 valence electrons. The van der Waals surface area contributed by atoms with E-state index < -0.39 is 10.0 Å². The van der Waals surface area contributed by atoms with Crippen molar-refractivity contribution in [2.24, 2.45) is 0 Å². The lowest BCUT2D eigenvalue weighted by Crippen LogP contribution is -2.40. The number of hydrogen-bond acceptors (Lipinski definition) is 8. The summed E-state index contributed by atoms with van der Waals surface area (Å²) in [5, 5.41) is 15.1. The number of anilines is 1. The summed E-state index contributed by atoms with van der Waals surface area (Å²) >= 11 is 1.25. The lowest BCUT2D eigenvalue weighted by atomic mass is 10.1. The first kappa shape index (κ1) is 23.0. The molecule has 0 radical (unpaired) electrons. The minimum Gasteiger partial charge on any atom is -0.322 e. The van der Waals surface area contributed by atoms with Gasteiger partial charge in [-0.15, -0.1) is 15.0 Å². The quantitative estimate of drug-likeness (QED) is 0.349. The van der Waals surface area contributed by atoms with Crippen molar-refractivity contribution in [3.63, 3.8) is 0 Å².